The van der Waals surface area contributed by atoms with Crippen LogP contribution < -0.4 is 15.0 Å². The van der Waals surface area contributed by atoms with Crippen LogP contribution in [-0.4, -0.2) is 35.5 Å². The fourth-order valence-electron chi connectivity index (χ4n) is 3.01. The topological polar surface area (TPSA) is 59.4 Å². The third-order valence-corrected chi connectivity index (χ3v) is 4.04. The number of methoxy groups -OCH3 is 1. The van der Waals surface area contributed by atoms with E-state index in [1.165, 1.54) is 0 Å². The molecule has 1 aromatic carbocycles. The highest BCUT2D eigenvalue weighted by Crippen LogP contribution is 2.36. The van der Waals surface area contributed by atoms with Gasteiger partial charge in [-0.1, -0.05) is 12.1 Å². The predicted molar refractivity (Wildman–Crippen MR) is 88.9 cm³/mol. The van der Waals surface area contributed by atoms with Gasteiger partial charge in [0, 0.05) is 25.0 Å². The van der Waals surface area contributed by atoms with Crippen LogP contribution in [-0.2, 0) is 13.0 Å². The van der Waals surface area contributed by atoms with Crippen molar-refractivity contribution >= 4 is 11.7 Å². The van der Waals surface area contributed by atoms with E-state index in [9.17, 15) is 4.79 Å². The van der Waals surface area contributed by atoms with Gasteiger partial charge in [-0.05, 0) is 37.5 Å². The molecule has 1 aliphatic heterocycles. The van der Waals surface area contributed by atoms with Crippen molar-refractivity contribution in [1.29, 1.82) is 0 Å². The first-order valence-corrected chi connectivity index (χ1v) is 7.90. The lowest BCUT2D eigenvalue weighted by Gasteiger charge is -2.31. The maximum atomic E-state index is 12.7. The molecule has 6 nitrogen and oxygen atoms in total. The number of urea groups is 1. The number of hydrogen-bond acceptors (Lipinski definition) is 3. The summed E-state index contributed by atoms with van der Waals surface area (Å²) in [5.41, 5.74) is 2.05. The summed E-state index contributed by atoms with van der Waals surface area (Å²) in [6.07, 6.45) is 5.56. The number of carbonyl (C=O) groups excluding carboxylic acids is 1. The largest absolute Gasteiger partial charge is 0.495 e. The lowest BCUT2D eigenvalue weighted by Crippen LogP contribution is -2.47. The van der Waals surface area contributed by atoms with Gasteiger partial charge in [-0.2, -0.15) is 5.10 Å². The zero-order valence-electron chi connectivity index (χ0n) is 13.5. The molecular formula is C17H22N4O2. The van der Waals surface area contributed by atoms with E-state index in [1.54, 1.807) is 18.2 Å². The molecule has 0 radical (unpaired) electrons. The molecule has 1 aliphatic rings. The molecule has 0 saturated heterocycles. The number of aryl methyl sites for hydroxylation is 1. The van der Waals surface area contributed by atoms with Gasteiger partial charge < -0.3 is 10.1 Å². The smallest absolute Gasteiger partial charge is 0.322 e. The minimum absolute atomic E-state index is 0.0116. The molecule has 2 amide bonds. The molecule has 2 aromatic rings. The predicted octanol–water partition coefficient (Wildman–Crippen LogP) is 2.44. The molecule has 0 aliphatic carbocycles. The van der Waals surface area contributed by atoms with Crippen LogP contribution in [0, 0.1) is 0 Å². The van der Waals surface area contributed by atoms with Crippen LogP contribution in [0.4, 0.5) is 10.5 Å². The van der Waals surface area contributed by atoms with E-state index in [0.29, 0.717) is 13.1 Å². The Bertz CT molecular complexity index is 655. The first-order chi connectivity index (χ1) is 11.2. The summed E-state index contributed by atoms with van der Waals surface area (Å²) in [6, 6.07) is 7.71. The van der Waals surface area contributed by atoms with Crippen molar-refractivity contribution < 1.29 is 9.53 Å². The van der Waals surface area contributed by atoms with Crippen molar-refractivity contribution in [2.75, 3.05) is 18.6 Å². The normalized spacial score (nSPS) is 15.0. The molecule has 3 rings (SSSR count). The standard InChI is InChI=1S/C17H22N4O2/c1-13(12-20-10-5-9-18-20)19-17(22)21-11-4-7-14-6-3-8-15(23-2)16(14)21/h3,5-6,8-10,13H,4,7,11-12H2,1-2H3,(H,19,22). The Labute approximate surface area is 136 Å². The minimum Gasteiger partial charge on any atom is -0.495 e. The number of anilines is 1. The van der Waals surface area contributed by atoms with Gasteiger partial charge in [0.1, 0.15) is 5.75 Å². The number of fused-ring (bicyclic) bond motifs is 1. The van der Waals surface area contributed by atoms with Crippen molar-refractivity contribution in [2.24, 2.45) is 0 Å². The Hall–Kier alpha value is -2.50. The summed E-state index contributed by atoms with van der Waals surface area (Å²) in [4.78, 5) is 14.5. The van der Waals surface area contributed by atoms with Crippen LogP contribution in [0.1, 0.15) is 18.9 Å². The van der Waals surface area contributed by atoms with Crippen LogP contribution in [0.3, 0.4) is 0 Å². The van der Waals surface area contributed by atoms with Crippen LogP contribution in [0.15, 0.2) is 36.7 Å². The molecule has 0 saturated carbocycles. The molecule has 1 atom stereocenters. The molecule has 23 heavy (non-hydrogen) atoms. The Kier molecular flexibility index (Phi) is 4.50. The SMILES string of the molecule is COc1cccc2c1N(C(=O)NC(C)Cn1cccn1)CCC2. The molecule has 6 heteroatoms. The molecular weight excluding hydrogens is 292 g/mol. The monoisotopic (exact) mass is 314 g/mol. The quantitative estimate of drug-likeness (QED) is 0.943. The van der Waals surface area contributed by atoms with Gasteiger partial charge in [-0.15, -0.1) is 0 Å². The van der Waals surface area contributed by atoms with Gasteiger partial charge in [0.25, 0.3) is 0 Å². The maximum Gasteiger partial charge on any atom is 0.322 e. The highest BCUT2D eigenvalue weighted by Gasteiger charge is 2.26. The number of benzene rings is 1. The zero-order chi connectivity index (χ0) is 16.2. The molecule has 1 N–H and O–H groups in total. The van der Waals surface area contributed by atoms with E-state index in [1.807, 2.05) is 36.0 Å². The maximum absolute atomic E-state index is 12.7. The number of aromatic nitrogens is 2. The third-order valence-electron chi connectivity index (χ3n) is 4.04. The first-order valence-electron chi connectivity index (χ1n) is 7.90. The second-order valence-corrected chi connectivity index (χ2v) is 5.80. The highest BCUT2D eigenvalue weighted by atomic mass is 16.5. The Morgan fingerprint density at radius 3 is 3.04 bits per heavy atom. The number of rotatable bonds is 4. The molecule has 0 fully saturated rings. The van der Waals surface area contributed by atoms with E-state index >= 15 is 0 Å². The van der Waals surface area contributed by atoms with Crippen molar-refractivity contribution in [1.82, 2.24) is 15.1 Å². The molecule has 2 heterocycles. The summed E-state index contributed by atoms with van der Waals surface area (Å²) in [5.74, 6) is 0.747. The molecule has 0 bridgehead atoms. The number of carbonyl (C=O) groups is 1. The Morgan fingerprint density at radius 1 is 1.43 bits per heavy atom. The Balaban J connectivity index is 1.74. The fourth-order valence-corrected chi connectivity index (χ4v) is 3.01. The van der Waals surface area contributed by atoms with Gasteiger partial charge in [0.2, 0.25) is 0 Å². The average Bonchev–Trinajstić information content (AvgIpc) is 3.06. The van der Waals surface area contributed by atoms with Crippen molar-refractivity contribution in [3.8, 4) is 5.75 Å². The number of nitrogens with zero attached hydrogens (tertiary/aromatic N) is 3. The lowest BCUT2D eigenvalue weighted by molar-refractivity contribution is 0.241. The van der Waals surface area contributed by atoms with E-state index in [4.69, 9.17) is 4.74 Å². The minimum atomic E-state index is -0.0879. The van der Waals surface area contributed by atoms with E-state index in [2.05, 4.69) is 16.5 Å². The van der Waals surface area contributed by atoms with Crippen molar-refractivity contribution in [3.05, 3.63) is 42.2 Å². The number of para-hydroxylation sites is 1. The molecule has 1 unspecified atom stereocenters. The van der Waals surface area contributed by atoms with Crippen molar-refractivity contribution in [3.63, 3.8) is 0 Å². The van der Waals surface area contributed by atoms with E-state index in [-0.39, 0.29) is 12.1 Å². The van der Waals surface area contributed by atoms with E-state index in [0.717, 1.165) is 29.8 Å². The number of hydrogen-bond donors (Lipinski definition) is 1. The van der Waals surface area contributed by atoms with Crippen LogP contribution >= 0.6 is 0 Å². The summed E-state index contributed by atoms with van der Waals surface area (Å²) >= 11 is 0. The molecule has 0 spiro atoms. The molecule has 1 aromatic heterocycles. The highest BCUT2D eigenvalue weighted by molar-refractivity contribution is 5.95. The second kappa shape index (κ2) is 6.73. The number of amides is 2. The van der Waals surface area contributed by atoms with Gasteiger partial charge in [-0.25, -0.2) is 4.79 Å². The van der Waals surface area contributed by atoms with E-state index < -0.39 is 0 Å². The third kappa shape index (κ3) is 3.31. The second-order valence-electron chi connectivity index (χ2n) is 5.80. The summed E-state index contributed by atoms with van der Waals surface area (Å²) in [7, 11) is 1.64. The first kappa shape index (κ1) is 15.4. The fraction of sp³-hybridized carbons (Fsp3) is 0.412. The van der Waals surface area contributed by atoms with Crippen LogP contribution in [0.25, 0.3) is 0 Å². The van der Waals surface area contributed by atoms with Crippen LogP contribution in [0.2, 0.25) is 0 Å². The summed E-state index contributed by atoms with van der Waals surface area (Å²) in [6.45, 7) is 3.33. The van der Waals surface area contributed by atoms with Gasteiger partial charge in [0.05, 0.1) is 19.3 Å². The zero-order valence-corrected chi connectivity index (χ0v) is 13.5. The number of nitrogens with one attached hydrogen (secondary N) is 1. The van der Waals surface area contributed by atoms with Gasteiger partial charge >= 0.3 is 6.03 Å². The average molecular weight is 314 g/mol. The Morgan fingerprint density at radius 2 is 2.30 bits per heavy atom. The van der Waals surface area contributed by atoms with Gasteiger partial charge in [-0.3, -0.25) is 9.58 Å². The lowest BCUT2D eigenvalue weighted by atomic mass is 10.0. The summed E-state index contributed by atoms with van der Waals surface area (Å²) in [5, 5.41) is 7.22. The van der Waals surface area contributed by atoms with Crippen LogP contribution in [0.5, 0.6) is 5.75 Å². The van der Waals surface area contributed by atoms with Gasteiger partial charge in [0.15, 0.2) is 0 Å². The van der Waals surface area contributed by atoms with Crippen molar-refractivity contribution in [2.45, 2.75) is 32.4 Å². The summed E-state index contributed by atoms with van der Waals surface area (Å²) < 4.78 is 7.26. The number of ether oxygens (including phenoxy) is 1. The molecule has 122 valence electrons.